The highest BCUT2D eigenvalue weighted by atomic mass is 79.9. The van der Waals surface area contributed by atoms with E-state index in [1.165, 1.54) is 11.3 Å². The van der Waals surface area contributed by atoms with Crippen LogP contribution in [0.5, 0.6) is 17.2 Å². The Balaban J connectivity index is 1.32. The van der Waals surface area contributed by atoms with E-state index in [0.29, 0.717) is 45.6 Å². The number of hydrogen-bond donors (Lipinski definition) is 0. The van der Waals surface area contributed by atoms with Gasteiger partial charge in [0, 0.05) is 11.4 Å². The number of fused-ring (bicyclic) bond motifs is 3. The molecule has 0 amide bonds. The molecule has 0 fully saturated rings. The van der Waals surface area contributed by atoms with E-state index in [4.69, 9.17) is 25.8 Å². The second kappa shape index (κ2) is 10.3. The molecule has 0 saturated carbocycles. The molecule has 0 saturated heterocycles. The Labute approximate surface area is 218 Å². The van der Waals surface area contributed by atoms with Gasteiger partial charge in [0.05, 0.1) is 40.4 Å². The van der Waals surface area contributed by atoms with Crippen molar-refractivity contribution in [1.29, 1.82) is 0 Å². The smallest absolute Gasteiger partial charge is 0.274 e. The minimum absolute atomic E-state index is 0.0881. The van der Waals surface area contributed by atoms with E-state index in [2.05, 4.69) is 20.9 Å². The molecular weight excluding hydrogens is 552 g/mol. The van der Waals surface area contributed by atoms with Gasteiger partial charge in [0.2, 0.25) is 0 Å². The van der Waals surface area contributed by atoms with E-state index < -0.39 is 0 Å². The predicted molar refractivity (Wildman–Crippen MR) is 143 cm³/mol. The highest BCUT2D eigenvalue weighted by molar-refractivity contribution is 9.10. The Morgan fingerprint density at radius 2 is 1.86 bits per heavy atom. The van der Waals surface area contributed by atoms with E-state index in [0.717, 1.165) is 26.8 Å². The molecular formula is C26H20BrClN2O4S. The lowest BCUT2D eigenvalue weighted by molar-refractivity contribution is 0.239. The van der Waals surface area contributed by atoms with Crippen LogP contribution in [0.25, 0.3) is 22.1 Å². The first-order chi connectivity index (χ1) is 17.0. The normalized spacial score (nSPS) is 11.9. The Morgan fingerprint density at radius 3 is 2.66 bits per heavy atom. The number of imidazole rings is 1. The van der Waals surface area contributed by atoms with E-state index in [-0.39, 0.29) is 5.56 Å². The molecule has 0 atom stereocenters. The van der Waals surface area contributed by atoms with Gasteiger partial charge in [-0.3, -0.25) is 4.79 Å². The fourth-order valence-electron chi connectivity index (χ4n) is 3.68. The van der Waals surface area contributed by atoms with Crippen molar-refractivity contribution < 1.29 is 14.2 Å². The number of benzene rings is 3. The summed E-state index contributed by atoms with van der Waals surface area (Å²) in [4.78, 5) is 18.3. The van der Waals surface area contributed by atoms with Gasteiger partial charge in [-0.1, -0.05) is 35.1 Å². The molecule has 0 radical (unpaired) electrons. The number of aromatic nitrogens is 2. The van der Waals surface area contributed by atoms with Crippen molar-refractivity contribution in [3.8, 4) is 17.2 Å². The van der Waals surface area contributed by atoms with Gasteiger partial charge in [0.25, 0.3) is 5.56 Å². The van der Waals surface area contributed by atoms with Crippen molar-refractivity contribution in [2.45, 2.75) is 6.42 Å². The monoisotopic (exact) mass is 570 g/mol. The zero-order chi connectivity index (χ0) is 24.4. The lowest BCUT2D eigenvalue weighted by Crippen LogP contribution is -2.22. The van der Waals surface area contributed by atoms with E-state index in [9.17, 15) is 4.79 Å². The molecule has 3 aromatic carbocycles. The number of ether oxygens (including phenoxy) is 3. The van der Waals surface area contributed by atoms with Crippen LogP contribution in [0, 0.1) is 0 Å². The largest absolute Gasteiger partial charge is 0.493 e. The molecule has 6 nitrogen and oxygen atoms in total. The molecule has 2 heterocycles. The summed E-state index contributed by atoms with van der Waals surface area (Å²) >= 11 is 10.8. The number of methoxy groups -OCH3 is 1. The minimum Gasteiger partial charge on any atom is -0.493 e. The zero-order valence-electron chi connectivity index (χ0n) is 18.7. The van der Waals surface area contributed by atoms with Crippen molar-refractivity contribution in [3.63, 3.8) is 0 Å². The molecule has 5 rings (SSSR count). The Bertz CT molecular complexity index is 1610. The summed E-state index contributed by atoms with van der Waals surface area (Å²) in [5.74, 6) is 1.94. The van der Waals surface area contributed by atoms with Crippen LogP contribution >= 0.6 is 38.9 Å². The summed E-state index contributed by atoms with van der Waals surface area (Å²) in [6.07, 6.45) is 2.53. The number of nitrogens with zero attached hydrogens (tertiary/aromatic N) is 2. The summed E-state index contributed by atoms with van der Waals surface area (Å²) in [6.45, 7) is 0.958. The van der Waals surface area contributed by atoms with Crippen molar-refractivity contribution in [2.24, 2.45) is 0 Å². The molecule has 35 heavy (non-hydrogen) atoms. The maximum Gasteiger partial charge on any atom is 0.274 e. The molecule has 0 bridgehead atoms. The average molecular weight is 572 g/mol. The molecule has 0 N–H and O–H groups in total. The maximum atomic E-state index is 13.1. The molecule has 0 aliphatic rings. The molecule has 178 valence electrons. The second-order valence-corrected chi connectivity index (χ2v) is 9.97. The quantitative estimate of drug-likeness (QED) is 0.223. The summed E-state index contributed by atoms with van der Waals surface area (Å²) in [7, 11) is 1.59. The van der Waals surface area contributed by atoms with Crippen molar-refractivity contribution in [3.05, 3.63) is 90.6 Å². The minimum atomic E-state index is -0.0881. The van der Waals surface area contributed by atoms with Crippen LogP contribution < -0.4 is 24.3 Å². The predicted octanol–water partition coefficient (Wildman–Crippen LogP) is 5.73. The first kappa shape index (κ1) is 23.7. The van der Waals surface area contributed by atoms with Gasteiger partial charge in [-0.15, -0.1) is 0 Å². The Morgan fingerprint density at radius 1 is 1.09 bits per heavy atom. The molecule has 0 aliphatic heterocycles. The van der Waals surface area contributed by atoms with Crippen LogP contribution in [0.2, 0.25) is 5.02 Å². The standard InChI is InChI=1S/C26H20BrClN2O4S/c1-32-22-14-16(15-23-25(31)30-21-6-3-2-5-20(21)29-26(30)35-23)13-19(27)24(22)34-12-4-11-33-18-9-7-17(28)8-10-18/h2-3,5-10,13-15H,4,11-12H2,1H3. The Hall–Kier alpha value is -3.07. The van der Waals surface area contributed by atoms with Crippen LogP contribution in [-0.4, -0.2) is 29.7 Å². The van der Waals surface area contributed by atoms with E-state index >= 15 is 0 Å². The van der Waals surface area contributed by atoms with Crippen molar-refractivity contribution in [1.82, 2.24) is 9.38 Å². The lowest BCUT2D eigenvalue weighted by Gasteiger charge is -2.14. The molecule has 9 heteroatoms. The summed E-state index contributed by atoms with van der Waals surface area (Å²) < 4.78 is 20.2. The number of thiazole rings is 1. The third kappa shape index (κ3) is 5.00. The number of hydrogen-bond acceptors (Lipinski definition) is 6. The van der Waals surface area contributed by atoms with Gasteiger partial charge in [-0.25, -0.2) is 9.38 Å². The van der Waals surface area contributed by atoms with Gasteiger partial charge in [0.1, 0.15) is 5.75 Å². The van der Waals surface area contributed by atoms with Gasteiger partial charge < -0.3 is 14.2 Å². The van der Waals surface area contributed by atoms with Crippen LogP contribution in [0.1, 0.15) is 12.0 Å². The molecule has 2 aromatic heterocycles. The maximum absolute atomic E-state index is 13.1. The molecule has 0 aliphatic carbocycles. The van der Waals surface area contributed by atoms with Gasteiger partial charge in [0.15, 0.2) is 16.5 Å². The zero-order valence-corrected chi connectivity index (χ0v) is 21.8. The van der Waals surface area contributed by atoms with Crippen LogP contribution in [0.4, 0.5) is 0 Å². The topological polar surface area (TPSA) is 62.1 Å². The molecule has 0 spiro atoms. The van der Waals surface area contributed by atoms with Crippen LogP contribution in [-0.2, 0) is 0 Å². The van der Waals surface area contributed by atoms with Crippen LogP contribution in [0.15, 0.2) is 69.9 Å². The number of para-hydroxylation sites is 2. The Kier molecular flexibility index (Phi) is 6.95. The van der Waals surface area contributed by atoms with E-state index in [1.54, 1.807) is 23.6 Å². The summed E-state index contributed by atoms with van der Waals surface area (Å²) in [6, 6.07) is 18.6. The number of rotatable bonds is 8. The van der Waals surface area contributed by atoms with Gasteiger partial charge in [-0.2, -0.15) is 0 Å². The highest BCUT2D eigenvalue weighted by Crippen LogP contribution is 2.37. The van der Waals surface area contributed by atoms with Crippen molar-refractivity contribution in [2.75, 3.05) is 20.3 Å². The first-order valence-electron chi connectivity index (χ1n) is 10.8. The third-order valence-electron chi connectivity index (χ3n) is 5.31. The number of halogens is 2. The fraction of sp³-hybridized carbons (Fsp3) is 0.154. The molecule has 0 unspecified atom stereocenters. The second-order valence-electron chi connectivity index (χ2n) is 7.67. The summed E-state index contributed by atoms with van der Waals surface area (Å²) in [5, 5.41) is 0.673. The summed E-state index contributed by atoms with van der Waals surface area (Å²) in [5.41, 5.74) is 2.35. The van der Waals surface area contributed by atoms with Crippen LogP contribution in [0.3, 0.4) is 0 Å². The lowest BCUT2D eigenvalue weighted by atomic mass is 10.2. The third-order valence-corrected chi connectivity index (χ3v) is 7.12. The van der Waals surface area contributed by atoms with E-state index in [1.807, 2.05) is 54.6 Å². The van der Waals surface area contributed by atoms with Gasteiger partial charge >= 0.3 is 0 Å². The van der Waals surface area contributed by atoms with Gasteiger partial charge in [-0.05, 0) is 76.1 Å². The highest BCUT2D eigenvalue weighted by Gasteiger charge is 2.13. The molecule has 5 aromatic rings. The fourth-order valence-corrected chi connectivity index (χ4v) is 5.37. The average Bonchev–Trinajstić information content (AvgIpc) is 3.36. The van der Waals surface area contributed by atoms with Crippen molar-refractivity contribution >= 4 is 60.9 Å². The SMILES string of the molecule is COc1cc(C=c2sc3nc4ccccc4n3c2=O)cc(Br)c1OCCCOc1ccc(Cl)cc1. The first-order valence-corrected chi connectivity index (χ1v) is 12.8.